The van der Waals surface area contributed by atoms with Crippen molar-refractivity contribution in [2.75, 3.05) is 33.0 Å². The maximum Gasteiger partial charge on any atom is 0.231 e. The summed E-state index contributed by atoms with van der Waals surface area (Å²) in [4.78, 5) is 4.82. The number of hydrogen-bond acceptors (Lipinski definition) is 7. The van der Waals surface area contributed by atoms with Crippen LogP contribution in [0.5, 0.6) is 11.5 Å². The van der Waals surface area contributed by atoms with Crippen LogP contribution in [-0.4, -0.2) is 63.0 Å². The summed E-state index contributed by atoms with van der Waals surface area (Å²) in [5.74, 6) is 2.15. The van der Waals surface area contributed by atoms with Crippen molar-refractivity contribution in [2.45, 2.75) is 38.9 Å². The number of hydrogen-bond donors (Lipinski definition) is 0. The molecule has 0 radical (unpaired) electrons. The molecule has 3 aromatic rings. The average molecular weight is 453 g/mol. The Balaban J connectivity index is 1.34. The Bertz CT molecular complexity index is 1100. The van der Waals surface area contributed by atoms with Gasteiger partial charge in [-0.15, -0.1) is 5.10 Å². The van der Waals surface area contributed by atoms with Crippen molar-refractivity contribution in [3.05, 3.63) is 65.2 Å². The molecule has 0 saturated carbocycles. The molecular formula is C24H29FN6O2. The second-order valence-corrected chi connectivity index (χ2v) is 9.57. The fraction of sp³-hybridized carbons (Fsp3) is 0.458. The van der Waals surface area contributed by atoms with Crippen molar-refractivity contribution in [1.82, 2.24) is 30.0 Å². The van der Waals surface area contributed by atoms with Crippen LogP contribution in [0, 0.1) is 5.82 Å². The summed E-state index contributed by atoms with van der Waals surface area (Å²) in [6.45, 7) is 10.9. The third-order valence-electron chi connectivity index (χ3n) is 6.17. The van der Waals surface area contributed by atoms with Crippen molar-refractivity contribution < 1.29 is 13.9 Å². The molecule has 2 aliphatic rings. The summed E-state index contributed by atoms with van der Waals surface area (Å²) in [7, 11) is 0. The first-order valence-electron chi connectivity index (χ1n) is 11.3. The third-order valence-corrected chi connectivity index (χ3v) is 6.17. The number of ether oxygens (including phenoxy) is 2. The van der Waals surface area contributed by atoms with Crippen molar-refractivity contribution >= 4 is 0 Å². The van der Waals surface area contributed by atoms with Gasteiger partial charge in [0.05, 0.1) is 11.6 Å². The predicted octanol–water partition coefficient (Wildman–Crippen LogP) is 3.20. The maximum absolute atomic E-state index is 13.7. The first-order chi connectivity index (χ1) is 15.9. The molecule has 2 aromatic carbocycles. The van der Waals surface area contributed by atoms with Crippen LogP contribution in [0.25, 0.3) is 0 Å². The number of fused-ring (bicyclic) bond motifs is 1. The topological polar surface area (TPSA) is 68.5 Å². The van der Waals surface area contributed by atoms with Gasteiger partial charge in [-0.1, -0.05) is 18.2 Å². The van der Waals surface area contributed by atoms with E-state index in [0.717, 1.165) is 55.6 Å². The second-order valence-electron chi connectivity index (χ2n) is 9.57. The Kier molecular flexibility index (Phi) is 5.76. The van der Waals surface area contributed by atoms with E-state index in [1.807, 2.05) is 22.9 Å². The first-order valence-corrected chi connectivity index (χ1v) is 11.3. The standard InChI is InChI=1S/C24H29FN6O2/c1-24(2,3)31-23(26-27-28-31)22(18-5-7-19(25)8-6-18)30-12-10-29(11-13-30)15-17-4-9-20-21(14-17)33-16-32-20/h4-9,14,22H,10-13,15-16H2,1-3H3/t22-/m0/s1. The number of aromatic nitrogens is 4. The van der Waals surface area contributed by atoms with E-state index in [9.17, 15) is 4.39 Å². The van der Waals surface area contributed by atoms with Gasteiger partial charge in [0.25, 0.3) is 0 Å². The maximum atomic E-state index is 13.7. The molecule has 3 heterocycles. The quantitative estimate of drug-likeness (QED) is 0.589. The predicted molar refractivity (Wildman–Crippen MR) is 120 cm³/mol. The third kappa shape index (κ3) is 4.56. The largest absolute Gasteiger partial charge is 0.454 e. The molecule has 0 aliphatic carbocycles. The summed E-state index contributed by atoms with van der Waals surface area (Å²) in [6, 6.07) is 12.7. The summed E-state index contributed by atoms with van der Waals surface area (Å²) in [6.07, 6.45) is 0. The van der Waals surface area contributed by atoms with E-state index in [1.165, 1.54) is 17.7 Å². The molecule has 174 valence electrons. The van der Waals surface area contributed by atoms with Crippen LogP contribution in [0.2, 0.25) is 0 Å². The van der Waals surface area contributed by atoms with Gasteiger partial charge in [0.1, 0.15) is 5.82 Å². The molecule has 0 amide bonds. The molecule has 8 nitrogen and oxygen atoms in total. The Morgan fingerprint density at radius 2 is 1.70 bits per heavy atom. The number of piperazine rings is 1. The van der Waals surface area contributed by atoms with Gasteiger partial charge in [-0.25, -0.2) is 9.07 Å². The normalized spacial score (nSPS) is 17.9. The lowest BCUT2D eigenvalue weighted by Crippen LogP contribution is -2.48. The average Bonchev–Trinajstić information content (AvgIpc) is 3.46. The Labute approximate surface area is 192 Å². The van der Waals surface area contributed by atoms with Gasteiger partial charge in [-0.2, -0.15) is 0 Å². The van der Waals surface area contributed by atoms with E-state index in [1.54, 1.807) is 0 Å². The molecule has 1 aromatic heterocycles. The molecule has 0 spiro atoms. The first kappa shape index (κ1) is 21.8. The van der Waals surface area contributed by atoms with E-state index < -0.39 is 0 Å². The van der Waals surface area contributed by atoms with Crippen LogP contribution < -0.4 is 9.47 Å². The SMILES string of the molecule is CC(C)(C)n1nnnc1[C@H](c1ccc(F)cc1)N1CCN(Cc2ccc3c(c2)OCO3)CC1. The highest BCUT2D eigenvalue weighted by Crippen LogP contribution is 2.34. The Hall–Kier alpha value is -3.04. The van der Waals surface area contributed by atoms with Gasteiger partial charge < -0.3 is 9.47 Å². The summed E-state index contributed by atoms with van der Waals surface area (Å²) < 4.78 is 26.5. The zero-order valence-corrected chi connectivity index (χ0v) is 19.2. The van der Waals surface area contributed by atoms with E-state index in [0.29, 0.717) is 0 Å². The lowest BCUT2D eigenvalue weighted by molar-refractivity contribution is 0.0979. The zero-order chi connectivity index (χ0) is 23.0. The number of halogens is 1. The highest BCUT2D eigenvalue weighted by Gasteiger charge is 2.33. The van der Waals surface area contributed by atoms with Gasteiger partial charge in [0, 0.05) is 32.7 Å². The summed E-state index contributed by atoms with van der Waals surface area (Å²) in [5.41, 5.74) is 1.93. The lowest BCUT2D eigenvalue weighted by Gasteiger charge is -2.39. The number of benzene rings is 2. The molecule has 33 heavy (non-hydrogen) atoms. The summed E-state index contributed by atoms with van der Waals surface area (Å²) >= 11 is 0. The highest BCUT2D eigenvalue weighted by molar-refractivity contribution is 5.44. The van der Waals surface area contributed by atoms with Gasteiger partial charge in [0.15, 0.2) is 17.3 Å². The monoisotopic (exact) mass is 452 g/mol. The van der Waals surface area contributed by atoms with Crippen molar-refractivity contribution in [3.63, 3.8) is 0 Å². The van der Waals surface area contributed by atoms with E-state index >= 15 is 0 Å². The van der Waals surface area contributed by atoms with Gasteiger partial charge in [-0.05, 0) is 66.6 Å². The molecule has 5 rings (SSSR count). The van der Waals surface area contributed by atoms with Crippen LogP contribution in [0.1, 0.15) is 43.8 Å². The Morgan fingerprint density at radius 1 is 0.970 bits per heavy atom. The van der Waals surface area contributed by atoms with Crippen LogP contribution in [0.15, 0.2) is 42.5 Å². The van der Waals surface area contributed by atoms with Crippen LogP contribution in [0.3, 0.4) is 0 Å². The summed E-state index contributed by atoms with van der Waals surface area (Å²) in [5, 5.41) is 12.6. The Morgan fingerprint density at radius 3 is 2.42 bits per heavy atom. The van der Waals surface area contributed by atoms with Crippen molar-refractivity contribution in [1.29, 1.82) is 0 Å². The van der Waals surface area contributed by atoms with Crippen LogP contribution >= 0.6 is 0 Å². The van der Waals surface area contributed by atoms with E-state index in [4.69, 9.17) is 9.47 Å². The fourth-order valence-corrected chi connectivity index (χ4v) is 4.49. The number of nitrogens with zero attached hydrogens (tertiary/aromatic N) is 6. The minimum absolute atomic E-state index is 0.146. The van der Waals surface area contributed by atoms with E-state index in [2.05, 4.69) is 58.2 Å². The van der Waals surface area contributed by atoms with Crippen molar-refractivity contribution in [3.8, 4) is 11.5 Å². The van der Waals surface area contributed by atoms with Gasteiger partial charge in [-0.3, -0.25) is 9.80 Å². The second kappa shape index (κ2) is 8.72. The molecular weight excluding hydrogens is 423 g/mol. The van der Waals surface area contributed by atoms with Crippen molar-refractivity contribution in [2.24, 2.45) is 0 Å². The minimum atomic E-state index is -0.266. The number of tetrazole rings is 1. The van der Waals surface area contributed by atoms with Crippen LogP contribution in [-0.2, 0) is 12.1 Å². The van der Waals surface area contributed by atoms with Gasteiger partial charge >= 0.3 is 0 Å². The molecule has 9 heteroatoms. The van der Waals surface area contributed by atoms with Crippen LogP contribution in [0.4, 0.5) is 4.39 Å². The highest BCUT2D eigenvalue weighted by atomic mass is 19.1. The molecule has 2 aliphatic heterocycles. The zero-order valence-electron chi connectivity index (χ0n) is 19.2. The molecule has 1 fully saturated rings. The molecule has 0 N–H and O–H groups in total. The molecule has 1 saturated heterocycles. The molecule has 0 unspecified atom stereocenters. The number of rotatable bonds is 5. The molecule has 0 bridgehead atoms. The molecule has 1 atom stereocenters. The van der Waals surface area contributed by atoms with Gasteiger partial charge in [0.2, 0.25) is 6.79 Å². The fourth-order valence-electron chi connectivity index (χ4n) is 4.49. The smallest absolute Gasteiger partial charge is 0.231 e. The van der Waals surface area contributed by atoms with E-state index in [-0.39, 0.29) is 24.2 Å². The minimum Gasteiger partial charge on any atom is -0.454 e. The lowest BCUT2D eigenvalue weighted by atomic mass is 10.0.